The number of nitrogens with two attached hydrogens (primary N) is 1. The molecule has 0 aliphatic rings. The van der Waals surface area contributed by atoms with Gasteiger partial charge in [-0.1, -0.05) is 6.07 Å². The lowest BCUT2D eigenvalue weighted by Gasteiger charge is -2.11. The highest BCUT2D eigenvalue weighted by Gasteiger charge is 2.16. The second kappa shape index (κ2) is 4.48. The van der Waals surface area contributed by atoms with Gasteiger partial charge >= 0.3 is 0 Å². The highest BCUT2D eigenvalue weighted by Crippen LogP contribution is 2.22. The van der Waals surface area contributed by atoms with Gasteiger partial charge in [0, 0.05) is 24.3 Å². The molecule has 0 bridgehead atoms. The van der Waals surface area contributed by atoms with Gasteiger partial charge in [0.1, 0.15) is 11.6 Å². The molecule has 1 unspecified atom stereocenters. The van der Waals surface area contributed by atoms with Crippen LogP contribution in [0, 0.1) is 11.6 Å². The molecule has 0 radical (unpaired) electrons. The summed E-state index contributed by atoms with van der Waals surface area (Å²) in [5.74, 6) is -1.22. The number of hydrogen-bond donors (Lipinski definition) is 1. The molecule has 78 valence electrons. The maximum absolute atomic E-state index is 13.6. The minimum absolute atomic E-state index is 0.0837. The largest absolute Gasteiger partial charge is 0.380 e. The molecule has 14 heavy (non-hydrogen) atoms. The van der Waals surface area contributed by atoms with E-state index in [0.29, 0.717) is 5.56 Å². The second-order valence-electron chi connectivity index (χ2n) is 3.16. The summed E-state index contributed by atoms with van der Waals surface area (Å²) in [5, 5.41) is 0. The molecule has 4 heteroatoms. The van der Waals surface area contributed by atoms with Crippen LogP contribution in [0.4, 0.5) is 8.78 Å². The molecule has 0 aliphatic heterocycles. The molecule has 0 saturated carbocycles. The van der Waals surface area contributed by atoms with E-state index in [2.05, 4.69) is 0 Å². The molecule has 0 aliphatic carbocycles. The predicted molar refractivity (Wildman–Crippen MR) is 49.7 cm³/mol. The lowest BCUT2D eigenvalue weighted by molar-refractivity contribution is 0.181. The maximum Gasteiger partial charge on any atom is 0.136 e. The van der Waals surface area contributed by atoms with Gasteiger partial charge in [-0.25, -0.2) is 8.78 Å². The van der Waals surface area contributed by atoms with E-state index in [-0.39, 0.29) is 12.2 Å². The van der Waals surface area contributed by atoms with Crippen molar-refractivity contribution in [1.82, 2.24) is 0 Å². The van der Waals surface area contributed by atoms with Gasteiger partial charge in [-0.3, -0.25) is 0 Å². The van der Waals surface area contributed by atoms with Crippen molar-refractivity contribution in [2.45, 2.75) is 19.6 Å². The van der Waals surface area contributed by atoms with Gasteiger partial charge in [0.25, 0.3) is 0 Å². The van der Waals surface area contributed by atoms with E-state index in [1.807, 2.05) is 0 Å². The highest BCUT2D eigenvalue weighted by atomic mass is 19.1. The Hall–Kier alpha value is -1.00. The van der Waals surface area contributed by atoms with Crippen LogP contribution in [0.25, 0.3) is 0 Å². The normalized spacial score (nSPS) is 12.9. The van der Waals surface area contributed by atoms with Crippen molar-refractivity contribution in [1.29, 1.82) is 0 Å². The molecule has 0 aromatic heterocycles. The Morgan fingerprint density at radius 1 is 1.43 bits per heavy atom. The van der Waals surface area contributed by atoms with Crippen molar-refractivity contribution >= 4 is 0 Å². The smallest absolute Gasteiger partial charge is 0.136 e. The molecule has 2 nitrogen and oxygen atoms in total. The molecule has 1 atom stereocenters. The van der Waals surface area contributed by atoms with E-state index in [1.54, 1.807) is 0 Å². The van der Waals surface area contributed by atoms with Gasteiger partial charge < -0.3 is 10.5 Å². The number of hydrogen-bond acceptors (Lipinski definition) is 2. The molecule has 0 fully saturated rings. The van der Waals surface area contributed by atoms with E-state index in [1.165, 1.54) is 26.2 Å². The Kier molecular flexibility index (Phi) is 3.55. The molecule has 0 spiro atoms. The monoisotopic (exact) mass is 201 g/mol. The standard InChI is InChI=1S/C10H13F2NO/c1-6(13)9-8(11)4-3-7(5-14-2)10(9)12/h3-4,6H,5,13H2,1-2H3. The van der Waals surface area contributed by atoms with E-state index in [0.717, 1.165) is 0 Å². The average molecular weight is 201 g/mol. The summed E-state index contributed by atoms with van der Waals surface area (Å²) in [6.07, 6.45) is 0. The third kappa shape index (κ3) is 2.08. The summed E-state index contributed by atoms with van der Waals surface area (Å²) in [5.41, 5.74) is 5.70. The first-order chi connectivity index (χ1) is 6.57. The van der Waals surface area contributed by atoms with Crippen molar-refractivity contribution in [2.24, 2.45) is 5.73 Å². The van der Waals surface area contributed by atoms with Crippen molar-refractivity contribution in [3.05, 3.63) is 34.9 Å². The fourth-order valence-corrected chi connectivity index (χ4v) is 1.30. The molecular formula is C10H13F2NO. The summed E-state index contributed by atoms with van der Waals surface area (Å²) < 4.78 is 31.5. The molecular weight excluding hydrogens is 188 g/mol. The summed E-state index contributed by atoms with van der Waals surface area (Å²) in [6, 6.07) is 1.91. The van der Waals surface area contributed by atoms with Crippen LogP contribution < -0.4 is 5.73 Å². The van der Waals surface area contributed by atoms with Gasteiger partial charge in [0.2, 0.25) is 0 Å². The Labute approximate surface area is 81.7 Å². The fraction of sp³-hybridized carbons (Fsp3) is 0.400. The maximum atomic E-state index is 13.6. The van der Waals surface area contributed by atoms with Crippen LogP contribution in [0.1, 0.15) is 24.1 Å². The molecule has 0 saturated heterocycles. The summed E-state index contributed by atoms with van der Waals surface area (Å²) in [4.78, 5) is 0. The quantitative estimate of drug-likeness (QED) is 0.813. The summed E-state index contributed by atoms with van der Waals surface area (Å²) in [6.45, 7) is 1.66. The van der Waals surface area contributed by atoms with Gasteiger partial charge in [-0.15, -0.1) is 0 Å². The van der Waals surface area contributed by atoms with Crippen LogP contribution in [0.3, 0.4) is 0 Å². The van der Waals surface area contributed by atoms with Crippen LogP contribution in [-0.4, -0.2) is 7.11 Å². The molecule has 0 amide bonds. The van der Waals surface area contributed by atoms with Gasteiger partial charge in [0.05, 0.1) is 6.61 Å². The minimum Gasteiger partial charge on any atom is -0.380 e. The van der Waals surface area contributed by atoms with Crippen molar-refractivity contribution in [3.8, 4) is 0 Å². The summed E-state index contributed by atoms with van der Waals surface area (Å²) in [7, 11) is 1.45. The van der Waals surface area contributed by atoms with Crippen LogP contribution >= 0.6 is 0 Å². The summed E-state index contributed by atoms with van der Waals surface area (Å²) >= 11 is 0. The first-order valence-corrected chi connectivity index (χ1v) is 4.29. The van der Waals surface area contributed by atoms with Crippen LogP contribution in [0.15, 0.2) is 12.1 Å². The van der Waals surface area contributed by atoms with Crippen molar-refractivity contribution in [3.63, 3.8) is 0 Å². The highest BCUT2D eigenvalue weighted by molar-refractivity contribution is 5.29. The van der Waals surface area contributed by atoms with E-state index in [9.17, 15) is 8.78 Å². The van der Waals surface area contributed by atoms with Crippen molar-refractivity contribution < 1.29 is 13.5 Å². The van der Waals surface area contributed by atoms with Crippen LogP contribution in [0.2, 0.25) is 0 Å². The molecule has 0 heterocycles. The van der Waals surface area contributed by atoms with Crippen molar-refractivity contribution in [2.75, 3.05) is 7.11 Å². The van der Waals surface area contributed by atoms with Gasteiger partial charge in [-0.05, 0) is 13.0 Å². The SMILES string of the molecule is COCc1ccc(F)c(C(C)N)c1F. The fourth-order valence-electron chi connectivity index (χ4n) is 1.30. The zero-order chi connectivity index (χ0) is 10.7. The minimum atomic E-state index is -0.660. The van der Waals surface area contributed by atoms with E-state index >= 15 is 0 Å². The Bertz CT molecular complexity index is 326. The Balaban J connectivity index is 3.19. The van der Waals surface area contributed by atoms with Gasteiger partial charge in [0.15, 0.2) is 0 Å². The Morgan fingerprint density at radius 2 is 2.07 bits per heavy atom. The zero-order valence-corrected chi connectivity index (χ0v) is 8.18. The lowest BCUT2D eigenvalue weighted by Crippen LogP contribution is -2.12. The van der Waals surface area contributed by atoms with Gasteiger partial charge in [-0.2, -0.15) is 0 Å². The van der Waals surface area contributed by atoms with Crippen LogP contribution in [-0.2, 0) is 11.3 Å². The number of rotatable bonds is 3. The van der Waals surface area contributed by atoms with E-state index in [4.69, 9.17) is 10.5 Å². The molecule has 1 aromatic carbocycles. The predicted octanol–water partition coefficient (Wildman–Crippen LogP) is 2.13. The number of benzene rings is 1. The molecule has 1 rings (SSSR count). The third-order valence-corrected chi connectivity index (χ3v) is 1.96. The topological polar surface area (TPSA) is 35.2 Å². The molecule has 2 N–H and O–H groups in total. The number of ether oxygens (including phenoxy) is 1. The van der Waals surface area contributed by atoms with E-state index < -0.39 is 17.7 Å². The van der Waals surface area contributed by atoms with Crippen LogP contribution in [0.5, 0.6) is 0 Å². The average Bonchev–Trinajstić information content (AvgIpc) is 2.10. The zero-order valence-electron chi connectivity index (χ0n) is 8.18. The molecule has 1 aromatic rings. The first-order valence-electron chi connectivity index (χ1n) is 4.29. The number of methoxy groups -OCH3 is 1. The first kappa shape index (κ1) is 11.1. The lowest BCUT2D eigenvalue weighted by atomic mass is 10.0. The third-order valence-electron chi connectivity index (χ3n) is 1.96. The second-order valence-corrected chi connectivity index (χ2v) is 3.16. The number of halogens is 2. The Morgan fingerprint density at radius 3 is 2.57 bits per heavy atom.